The molecule has 4 aromatic rings. The molecule has 226 valence electrons. The molecule has 0 aromatic heterocycles. The van der Waals surface area contributed by atoms with Crippen LogP contribution in [0.15, 0.2) is 101 Å². The zero-order chi connectivity index (χ0) is 31.6. The van der Waals surface area contributed by atoms with Crippen LogP contribution in [0, 0.1) is 6.92 Å². The minimum atomic E-state index is -4.89. The number of nitrogens with one attached hydrogen (secondary N) is 2. The average molecular weight is 673 g/mol. The van der Waals surface area contributed by atoms with Crippen molar-refractivity contribution in [3.63, 3.8) is 0 Å². The van der Waals surface area contributed by atoms with Gasteiger partial charge in [0.2, 0.25) is 5.91 Å². The highest BCUT2D eigenvalue weighted by atomic mass is 35.5. The van der Waals surface area contributed by atoms with Gasteiger partial charge in [-0.1, -0.05) is 47.5 Å². The van der Waals surface area contributed by atoms with E-state index in [0.717, 1.165) is 12.1 Å². The SMILES string of the molecule is Cc1c(Cl)cccc1NS(=O)(=O)c1ccc(NC(=O)CN(c2ccc(Cl)c(C(F)(F)F)c2)S(=O)(=O)c2ccccc2)cc1. The Morgan fingerprint density at radius 2 is 1.47 bits per heavy atom. The van der Waals surface area contributed by atoms with Crippen LogP contribution in [0.1, 0.15) is 11.1 Å². The molecule has 0 fully saturated rings. The maximum atomic E-state index is 13.6. The average Bonchev–Trinajstić information content (AvgIpc) is 2.94. The second kappa shape index (κ2) is 12.4. The van der Waals surface area contributed by atoms with Crippen LogP contribution in [0.25, 0.3) is 0 Å². The van der Waals surface area contributed by atoms with Crippen molar-refractivity contribution in [2.45, 2.75) is 22.9 Å². The number of halogens is 5. The first-order valence-electron chi connectivity index (χ1n) is 12.2. The number of carbonyl (C=O) groups is 1. The molecule has 0 unspecified atom stereocenters. The number of hydrogen-bond donors (Lipinski definition) is 2. The van der Waals surface area contributed by atoms with Crippen molar-refractivity contribution < 1.29 is 34.8 Å². The van der Waals surface area contributed by atoms with Gasteiger partial charge in [0.15, 0.2) is 0 Å². The summed E-state index contributed by atoms with van der Waals surface area (Å²) in [7, 11) is -8.55. The maximum Gasteiger partial charge on any atom is 0.417 e. The molecule has 0 heterocycles. The Hall–Kier alpha value is -3.78. The molecule has 4 aromatic carbocycles. The van der Waals surface area contributed by atoms with Gasteiger partial charge < -0.3 is 5.32 Å². The molecule has 0 radical (unpaired) electrons. The standard InChI is InChI=1S/C28H22Cl2F3N3O5S2/c1-18-24(29)8-5-9-26(18)35-42(38,39)21-13-10-19(11-14-21)34-27(37)17-36(43(40,41)22-6-3-2-4-7-22)20-12-15-25(30)23(16-20)28(31,32)33/h2-16,35H,17H2,1H3,(H,34,37). The number of nitrogens with zero attached hydrogens (tertiary/aromatic N) is 1. The lowest BCUT2D eigenvalue weighted by Crippen LogP contribution is -2.38. The molecule has 0 saturated heterocycles. The van der Waals surface area contributed by atoms with Gasteiger partial charge in [0.25, 0.3) is 20.0 Å². The molecule has 8 nitrogen and oxygen atoms in total. The van der Waals surface area contributed by atoms with Crippen LogP contribution in [0.4, 0.5) is 30.2 Å². The Kier molecular flexibility index (Phi) is 9.30. The Morgan fingerprint density at radius 1 is 0.814 bits per heavy atom. The highest BCUT2D eigenvalue weighted by Crippen LogP contribution is 2.38. The number of amides is 1. The van der Waals surface area contributed by atoms with E-state index in [1.54, 1.807) is 31.2 Å². The molecule has 1 amide bonds. The summed E-state index contributed by atoms with van der Waals surface area (Å²) < 4.78 is 96.3. The number of hydrogen-bond acceptors (Lipinski definition) is 5. The first-order chi connectivity index (χ1) is 20.1. The Balaban J connectivity index is 1.59. The molecule has 0 atom stereocenters. The number of alkyl halides is 3. The number of sulfonamides is 2. The van der Waals surface area contributed by atoms with Gasteiger partial charge in [-0.25, -0.2) is 16.8 Å². The van der Waals surface area contributed by atoms with Gasteiger partial charge >= 0.3 is 6.18 Å². The summed E-state index contributed by atoms with van der Waals surface area (Å²) >= 11 is 11.8. The van der Waals surface area contributed by atoms with Crippen LogP contribution in [0.3, 0.4) is 0 Å². The second-order valence-corrected chi connectivity index (χ2v) is 13.4. The third-order valence-corrected chi connectivity index (χ3v) is 10.0. The van der Waals surface area contributed by atoms with Crippen molar-refractivity contribution in [2.75, 3.05) is 20.9 Å². The fraction of sp³-hybridized carbons (Fsp3) is 0.107. The summed E-state index contributed by atoms with van der Waals surface area (Å²) in [6.07, 6.45) is -4.89. The predicted molar refractivity (Wildman–Crippen MR) is 159 cm³/mol. The summed E-state index contributed by atoms with van der Waals surface area (Å²) in [5, 5.41) is 2.17. The third-order valence-electron chi connectivity index (χ3n) is 6.12. The molecule has 0 aliphatic heterocycles. The van der Waals surface area contributed by atoms with Gasteiger partial charge in [-0.15, -0.1) is 0 Å². The van der Waals surface area contributed by atoms with Crippen molar-refractivity contribution in [3.8, 4) is 0 Å². The van der Waals surface area contributed by atoms with Crippen molar-refractivity contribution >= 4 is 66.2 Å². The maximum absolute atomic E-state index is 13.6. The minimum Gasteiger partial charge on any atom is -0.325 e. The summed E-state index contributed by atoms with van der Waals surface area (Å²) in [6, 6.07) is 19.1. The highest BCUT2D eigenvalue weighted by molar-refractivity contribution is 7.93. The topological polar surface area (TPSA) is 113 Å². The number of benzene rings is 4. The molecular weight excluding hydrogens is 650 g/mol. The van der Waals surface area contributed by atoms with E-state index in [-0.39, 0.29) is 21.2 Å². The Bertz CT molecular complexity index is 1870. The normalized spacial score (nSPS) is 12.0. The van der Waals surface area contributed by atoms with Crippen LogP contribution in [0.2, 0.25) is 10.0 Å². The Morgan fingerprint density at radius 3 is 2.09 bits per heavy atom. The number of rotatable bonds is 9. The molecule has 0 bridgehead atoms. The van der Waals surface area contributed by atoms with Gasteiger partial charge in [-0.05, 0) is 79.2 Å². The molecule has 4 rings (SSSR count). The fourth-order valence-corrected chi connectivity index (χ4v) is 6.85. The van der Waals surface area contributed by atoms with Gasteiger partial charge in [-0.2, -0.15) is 13.2 Å². The second-order valence-electron chi connectivity index (χ2n) is 9.08. The van der Waals surface area contributed by atoms with Gasteiger partial charge in [0.05, 0.1) is 31.8 Å². The predicted octanol–water partition coefficient (Wildman–Crippen LogP) is 6.96. The first-order valence-corrected chi connectivity index (χ1v) is 15.9. The van der Waals surface area contributed by atoms with Crippen LogP contribution >= 0.6 is 23.2 Å². The van der Waals surface area contributed by atoms with E-state index in [1.165, 1.54) is 48.5 Å². The van der Waals surface area contributed by atoms with Gasteiger partial charge in [0, 0.05) is 10.7 Å². The van der Waals surface area contributed by atoms with Gasteiger partial charge in [0.1, 0.15) is 6.54 Å². The van der Waals surface area contributed by atoms with Crippen molar-refractivity contribution in [1.29, 1.82) is 0 Å². The van der Waals surface area contributed by atoms with Crippen molar-refractivity contribution in [3.05, 3.63) is 112 Å². The van der Waals surface area contributed by atoms with E-state index in [0.29, 0.717) is 21.0 Å². The van der Waals surface area contributed by atoms with E-state index in [4.69, 9.17) is 23.2 Å². The quantitative estimate of drug-likeness (QED) is 0.200. The molecule has 0 aliphatic carbocycles. The van der Waals surface area contributed by atoms with E-state index >= 15 is 0 Å². The molecule has 43 heavy (non-hydrogen) atoms. The smallest absolute Gasteiger partial charge is 0.325 e. The summed E-state index contributed by atoms with van der Waals surface area (Å²) in [4.78, 5) is 12.6. The number of carbonyl (C=O) groups excluding carboxylic acids is 1. The number of anilines is 3. The fourth-order valence-electron chi connectivity index (χ4n) is 3.89. The largest absolute Gasteiger partial charge is 0.417 e. The van der Waals surface area contributed by atoms with E-state index in [1.807, 2.05) is 0 Å². The zero-order valence-corrected chi connectivity index (χ0v) is 25.2. The Labute approximate surface area is 256 Å². The third kappa shape index (κ3) is 7.42. The van der Waals surface area contributed by atoms with Crippen LogP contribution in [0.5, 0.6) is 0 Å². The van der Waals surface area contributed by atoms with E-state index in [2.05, 4.69) is 10.0 Å². The van der Waals surface area contributed by atoms with E-state index < -0.39 is 54.9 Å². The molecule has 0 aliphatic rings. The van der Waals surface area contributed by atoms with E-state index in [9.17, 15) is 34.8 Å². The molecule has 0 spiro atoms. The molecule has 0 saturated carbocycles. The van der Waals surface area contributed by atoms with Gasteiger partial charge in [-0.3, -0.25) is 13.8 Å². The summed E-state index contributed by atoms with van der Waals surface area (Å²) in [5.41, 5.74) is -0.819. The summed E-state index contributed by atoms with van der Waals surface area (Å²) in [5.74, 6) is -0.911. The summed E-state index contributed by atoms with van der Waals surface area (Å²) in [6.45, 7) is 0.736. The lowest BCUT2D eigenvalue weighted by atomic mass is 10.2. The van der Waals surface area contributed by atoms with Crippen LogP contribution in [-0.4, -0.2) is 29.3 Å². The molecule has 2 N–H and O–H groups in total. The van der Waals surface area contributed by atoms with Crippen molar-refractivity contribution in [1.82, 2.24) is 0 Å². The first kappa shape index (κ1) is 32.1. The molecule has 15 heteroatoms. The highest BCUT2D eigenvalue weighted by Gasteiger charge is 2.35. The lowest BCUT2D eigenvalue weighted by molar-refractivity contribution is -0.137. The molecular formula is C28H22Cl2F3N3O5S2. The lowest BCUT2D eigenvalue weighted by Gasteiger charge is -2.25. The van der Waals surface area contributed by atoms with Crippen LogP contribution < -0.4 is 14.3 Å². The van der Waals surface area contributed by atoms with Crippen LogP contribution in [-0.2, 0) is 31.0 Å². The van der Waals surface area contributed by atoms with Crippen molar-refractivity contribution in [2.24, 2.45) is 0 Å². The zero-order valence-electron chi connectivity index (χ0n) is 22.1. The monoisotopic (exact) mass is 671 g/mol. The minimum absolute atomic E-state index is 0.104.